The standard InChI is InChI=1S/C21H22N2O3/c24-16-19(25)11-10-18-8-4-5-9-20(18)23-13-12-22(15-21(23)26)14-17-6-2-1-3-7-17/h1-11,24H,12-16H2/b11-10+. The molecule has 0 aliphatic carbocycles. The molecule has 2 aromatic rings. The van der Waals surface area contributed by atoms with Crippen molar-refractivity contribution in [2.75, 3.05) is 31.1 Å². The number of piperazine rings is 1. The summed E-state index contributed by atoms with van der Waals surface area (Å²) in [7, 11) is 0. The molecular weight excluding hydrogens is 328 g/mol. The molecule has 5 nitrogen and oxygen atoms in total. The molecule has 1 N–H and O–H groups in total. The number of anilines is 1. The van der Waals surface area contributed by atoms with Crippen LogP contribution in [-0.2, 0) is 16.1 Å². The van der Waals surface area contributed by atoms with E-state index in [-0.39, 0.29) is 11.7 Å². The number of hydrogen-bond acceptors (Lipinski definition) is 4. The van der Waals surface area contributed by atoms with E-state index in [1.807, 2.05) is 42.5 Å². The van der Waals surface area contributed by atoms with Crippen molar-refractivity contribution < 1.29 is 14.7 Å². The molecule has 0 aromatic heterocycles. The van der Waals surface area contributed by atoms with Crippen molar-refractivity contribution in [1.82, 2.24) is 4.90 Å². The van der Waals surface area contributed by atoms with Gasteiger partial charge >= 0.3 is 0 Å². The third kappa shape index (κ3) is 4.45. The maximum atomic E-state index is 12.7. The van der Waals surface area contributed by atoms with Crippen LogP contribution in [0.15, 0.2) is 60.7 Å². The van der Waals surface area contributed by atoms with Gasteiger partial charge in [0.2, 0.25) is 5.91 Å². The van der Waals surface area contributed by atoms with Crippen LogP contribution in [0, 0.1) is 0 Å². The Morgan fingerprint density at radius 3 is 2.50 bits per heavy atom. The number of rotatable bonds is 6. The minimum Gasteiger partial charge on any atom is -0.388 e. The van der Waals surface area contributed by atoms with Crippen LogP contribution < -0.4 is 4.90 Å². The van der Waals surface area contributed by atoms with Gasteiger partial charge in [0.25, 0.3) is 0 Å². The van der Waals surface area contributed by atoms with E-state index in [0.29, 0.717) is 13.1 Å². The van der Waals surface area contributed by atoms with Crippen molar-refractivity contribution in [3.05, 3.63) is 71.8 Å². The predicted octanol–water partition coefficient (Wildman–Crippen LogP) is 2.11. The van der Waals surface area contributed by atoms with Crippen LogP contribution in [0.4, 0.5) is 5.69 Å². The van der Waals surface area contributed by atoms with Gasteiger partial charge in [-0.25, -0.2) is 0 Å². The van der Waals surface area contributed by atoms with Gasteiger partial charge in [-0.3, -0.25) is 14.5 Å². The van der Waals surface area contributed by atoms with Crippen LogP contribution in [-0.4, -0.2) is 47.9 Å². The fourth-order valence-electron chi connectivity index (χ4n) is 3.06. The molecule has 5 heteroatoms. The van der Waals surface area contributed by atoms with E-state index in [0.717, 1.165) is 24.3 Å². The van der Waals surface area contributed by atoms with Gasteiger partial charge in [0.1, 0.15) is 6.61 Å². The highest BCUT2D eigenvalue weighted by Gasteiger charge is 2.26. The maximum absolute atomic E-state index is 12.7. The quantitative estimate of drug-likeness (QED) is 0.811. The lowest BCUT2D eigenvalue weighted by atomic mass is 10.1. The molecule has 2 aromatic carbocycles. The zero-order valence-corrected chi connectivity index (χ0v) is 14.5. The molecule has 1 aliphatic rings. The summed E-state index contributed by atoms with van der Waals surface area (Å²) in [6.07, 6.45) is 2.99. The van der Waals surface area contributed by atoms with E-state index in [1.165, 1.54) is 11.6 Å². The molecule has 0 bridgehead atoms. The molecule has 1 heterocycles. The van der Waals surface area contributed by atoms with Crippen LogP contribution in [0.5, 0.6) is 0 Å². The number of para-hydroxylation sites is 1. The fourth-order valence-corrected chi connectivity index (χ4v) is 3.06. The van der Waals surface area contributed by atoms with E-state index < -0.39 is 6.61 Å². The van der Waals surface area contributed by atoms with E-state index in [1.54, 1.807) is 11.0 Å². The van der Waals surface area contributed by atoms with Gasteiger partial charge in [-0.2, -0.15) is 0 Å². The lowest BCUT2D eigenvalue weighted by Crippen LogP contribution is -2.50. The van der Waals surface area contributed by atoms with E-state index in [9.17, 15) is 9.59 Å². The molecule has 0 spiro atoms. The summed E-state index contributed by atoms with van der Waals surface area (Å²) in [5.41, 5.74) is 2.78. The third-order valence-corrected chi connectivity index (χ3v) is 4.38. The maximum Gasteiger partial charge on any atom is 0.241 e. The van der Waals surface area contributed by atoms with Crippen molar-refractivity contribution in [2.45, 2.75) is 6.54 Å². The van der Waals surface area contributed by atoms with Crippen molar-refractivity contribution in [3.8, 4) is 0 Å². The Morgan fingerprint density at radius 2 is 1.77 bits per heavy atom. The van der Waals surface area contributed by atoms with E-state index in [2.05, 4.69) is 17.0 Å². The number of amides is 1. The summed E-state index contributed by atoms with van der Waals surface area (Å²) in [6, 6.07) is 17.6. The predicted molar refractivity (Wildman–Crippen MR) is 102 cm³/mol. The lowest BCUT2D eigenvalue weighted by molar-refractivity contribution is -0.121. The van der Waals surface area contributed by atoms with Crippen LogP contribution in [0.25, 0.3) is 6.08 Å². The Bertz CT molecular complexity index is 802. The molecule has 3 rings (SSSR count). The SMILES string of the molecule is O=C(/C=C/c1ccccc1N1CCN(Cc2ccccc2)CC1=O)CO. The van der Waals surface area contributed by atoms with Gasteiger partial charge in [-0.1, -0.05) is 48.5 Å². The van der Waals surface area contributed by atoms with Gasteiger partial charge in [0.05, 0.1) is 12.2 Å². The second kappa shape index (κ2) is 8.56. The molecule has 1 saturated heterocycles. The fraction of sp³-hybridized carbons (Fsp3) is 0.238. The first-order valence-electron chi connectivity index (χ1n) is 8.65. The first kappa shape index (κ1) is 18.0. The van der Waals surface area contributed by atoms with E-state index in [4.69, 9.17) is 5.11 Å². The van der Waals surface area contributed by atoms with Crippen molar-refractivity contribution in [2.24, 2.45) is 0 Å². The average Bonchev–Trinajstić information content (AvgIpc) is 2.67. The van der Waals surface area contributed by atoms with Crippen LogP contribution >= 0.6 is 0 Å². The van der Waals surface area contributed by atoms with Crippen molar-refractivity contribution in [1.29, 1.82) is 0 Å². The number of carbonyl (C=O) groups excluding carboxylic acids is 2. The summed E-state index contributed by atoms with van der Waals surface area (Å²) >= 11 is 0. The Labute approximate surface area is 153 Å². The molecule has 1 aliphatic heterocycles. The Hall–Kier alpha value is -2.76. The summed E-state index contributed by atoms with van der Waals surface area (Å²) in [5.74, 6) is -0.319. The second-order valence-corrected chi connectivity index (χ2v) is 6.26. The highest BCUT2D eigenvalue weighted by Crippen LogP contribution is 2.24. The highest BCUT2D eigenvalue weighted by atomic mass is 16.3. The largest absolute Gasteiger partial charge is 0.388 e. The minimum atomic E-state index is -0.518. The summed E-state index contributed by atoms with van der Waals surface area (Å²) in [5, 5.41) is 8.85. The zero-order chi connectivity index (χ0) is 18.4. The zero-order valence-electron chi connectivity index (χ0n) is 14.5. The van der Waals surface area contributed by atoms with Gasteiger partial charge < -0.3 is 10.0 Å². The Morgan fingerprint density at radius 1 is 1.04 bits per heavy atom. The highest BCUT2D eigenvalue weighted by molar-refractivity contribution is 5.99. The number of benzene rings is 2. The molecule has 26 heavy (non-hydrogen) atoms. The summed E-state index contributed by atoms with van der Waals surface area (Å²) in [6.45, 7) is 1.99. The molecule has 0 unspecified atom stereocenters. The van der Waals surface area contributed by atoms with Gasteiger partial charge in [-0.15, -0.1) is 0 Å². The Kier molecular flexibility index (Phi) is 5.94. The Balaban J connectivity index is 1.71. The van der Waals surface area contributed by atoms with Gasteiger partial charge in [0, 0.05) is 19.6 Å². The third-order valence-electron chi connectivity index (χ3n) is 4.38. The number of carbonyl (C=O) groups is 2. The molecule has 0 saturated carbocycles. The van der Waals surface area contributed by atoms with Crippen LogP contribution in [0.1, 0.15) is 11.1 Å². The van der Waals surface area contributed by atoms with Crippen LogP contribution in [0.3, 0.4) is 0 Å². The van der Waals surface area contributed by atoms with Gasteiger partial charge in [0.15, 0.2) is 5.78 Å². The number of hydrogen-bond donors (Lipinski definition) is 1. The smallest absolute Gasteiger partial charge is 0.241 e. The van der Waals surface area contributed by atoms with Crippen LogP contribution in [0.2, 0.25) is 0 Å². The van der Waals surface area contributed by atoms with Crippen molar-refractivity contribution in [3.63, 3.8) is 0 Å². The lowest BCUT2D eigenvalue weighted by Gasteiger charge is -2.35. The van der Waals surface area contributed by atoms with E-state index >= 15 is 0 Å². The monoisotopic (exact) mass is 350 g/mol. The van der Waals surface area contributed by atoms with Crippen molar-refractivity contribution >= 4 is 23.5 Å². The summed E-state index contributed by atoms with van der Waals surface area (Å²) < 4.78 is 0. The molecule has 134 valence electrons. The topological polar surface area (TPSA) is 60.9 Å². The minimum absolute atomic E-state index is 0.0431. The number of ketones is 1. The molecule has 0 atom stereocenters. The number of nitrogens with zero attached hydrogens (tertiary/aromatic N) is 2. The molecule has 1 amide bonds. The van der Waals surface area contributed by atoms with Gasteiger partial charge in [-0.05, 0) is 29.3 Å². The average molecular weight is 350 g/mol. The number of aliphatic hydroxyl groups excluding tert-OH is 1. The first-order chi connectivity index (χ1) is 12.7. The number of aliphatic hydroxyl groups is 1. The molecule has 1 fully saturated rings. The summed E-state index contributed by atoms with van der Waals surface area (Å²) in [4.78, 5) is 27.9. The second-order valence-electron chi connectivity index (χ2n) is 6.26. The first-order valence-corrected chi connectivity index (χ1v) is 8.65. The normalized spacial score (nSPS) is 15.6. The molecular formula is C21H22N2O3. The molecule has 0 radical (unpaired) electrons.